The standard InChI is InChI=1S/C32H22N2/c1-3-11-22(12-4-1)32-31(26-16-7-9-17-28(26)33-32)23-19-20-30-27(21-23)25-15-8-10-18-29(25)34(30)24-13-5-2-6-14-24/h1-21,33H. The molecule has 34 heavy (non-hydrogen) atoms. The molecule has 160 valence electrons. The van der Waals surface area contributed by atoms with E-state index in [4.69, 9.17) is 0 Å². The molecule has 1 N–H and O–H groups in total. The van der Waals surface area contributed by atoms with Gasteiger partial charge in [-0.2, -0.15) is 0 Å². The number of hydrogen-bond donors (Lipinski definition) is 1. The number of benzene rings is 5. The second-order valence-corrected chi connectivity index (χ2v) is 8.71. The Morgan fingerprint density at radius 1 is 0.471 bits per heavy atom. The maximum Gasteiger partial charge on any atom is 0.0544 e. The zero-order valence-corrected chi connectivity index (χ0v) is 18.6. The Morgan fingerprint density at radius 3 is 1.94 bits per heavy atom. The van der Waals surface area contributed by atoms with Gasteiger partial charge in [-0.05, 0) is 47.5 Å². The third-order valence-electron chi connectivity index (χ3n) is 6.74. The fourth-order valence-corrected chi connectivity index (χ4v) is 5.25. The number of aromatic amines is 1. The van der Waals surface area contributed by atoms with E-state index in [9.17, 15) is 0 Å². The lowest BCUT2D eigenvalue weighted by atomic mass is 9.97. The second-order valence-electron chi connectivity index (χ2n) is 8.71. The Labute approximate surface area is 197 Å². The van der Waals surface area contributed by atoms with Crippen LogP contribution in [0.2, 0.25) is 0 Å². The van der Waals surface area contributed by atoms with Crippen molar-refractivity contribution in [1.82, 2.24) is 9.55 Å². The van der Waals surface area contributed by atoms with Crippen LogP contribution in [0.15, 0.2) is 127 Å². The van der Waals surface area contributed by atoms with Crippen LogP contribution in [-0.4, -0.2) is 9.55 Å². The van der Waals surface area contributed by atoms with Gasteiger partial charge in [-0.3, -0.25) is 0 Å². The van der Waals surface area contributed by atoms with Crippen molar-refractivity contribution in [3.8, 4) is 28.1 Å². The highest BCUT2D eigenvalue weighted by molar-refractivity contribution is 6.12. The highest BCUT2D eigenvalue weighted by Gasteiger charge is 2.17. The molecule has 7 rings (SSSR count). The van der Waals surface area contributed by atoms with E-state index in [2.05, 4.69) is 137 Å². The first-order chi connectivity index (χ1) is 16.9. The van der Waals surface area contributed by atoms with Gasteiger partial charge in [0.2, 0.25) is 0 Å². The molecule has 0 aliphatic carbocycles. The zero-order valence-electron chi connectivity index (χ0n) is 18.6. The molecular weight excluding hydrogens is 412 g/mol. The molecule has 2 aromatic heterocycles. The van der Waals surface area contributed by atoms with Crippen LogP contribution in [0.3, 0.4) is 0 Å². The van der Waals surface area contributed by atoms with Crippen LogP contribution in [0, 0.1) is 0 Å². The van der Waals surface area contributed by atoms with Crippen LogP contribution in [0.1, 0.15) is 0 Å². The normalized spacial score (nSPS) is 11.5. The molecule has 5 aromatic carbocycles. The maximum atomic E-state index is 3.69. The molecule has 0 saturated heterocycles. The van der Waals surface area contributed by atoms with E-state index in [0.717, 1.165) is 11.2 Å². The Balaban J connectivity index is 1.55. The van der Waals surface area contributed by atoms with Crippen molar-refractivity contribution in [1.29, 1.82) is 0 Å². The van der Waals surface area contributed by atoms with Crippen LogP contribution in [0.25, 0.3) is 60.8 Å². The minimum Gasteiger partial charge on any atom is -0.354 e. The number of nitrogens with zero attached hydrogens (tertiary/aromatic N) is 1. The molecule has 2 heterocycles. The van der Waals surface area contributed by atoms with Gasteiger partial charge in [0, 0.05) is 32.9 Å². The van der Waals surface area contributed by atoms with Gasteiger partial charge in [0.1, 0.15) is 0 Å². The van der Waals surface area contributed by atoms with Gasteiger partial charge in [0.25, 0.3) is 0 Å². The highest BCUT2D eigenvalue weighted by atomic mass is 15.0. The molecule has 0 bridgehead atoms. The van der Waals surface area contributed by atoms with E-state index in [1.54, 1.807) is 0 Å². The van der Waals surface area contributed by atoms with Crippen molar-refractivity contribution in [2.45, 2.75) is 0 Å². The molecule has 0 radical (unpaired) electrons. The SMILES string of the molecule is c1ccc(-c2[nH]c3ccccc3c2-c2ccc3c(c2)c2ccccc2n3-c2ccccc2)cc1. The number of nitrogens with one attached hydrogen (secondary N) is 1. The average Bonchev–Trinajstić information content (AvgIpc) is 3.45. The predicted octanol–water partition coefficient (Wildman–Crippen LogP) is 8.60. The van der Waals surface area contributed by atoms with Gasteiger partial charge in [-0.1, -0.05) is 91.0 Å². The molecule has 2 heteroatoms. The van der Waals surface area contributed by atoms with Crippen molar-refractivity contribution in [2.75, 3.05) is 0 Å². The summed E-state index contributed by atoms with van der Waals surface area (Å²) in [6, 6.07) is 45.4. The minimum atomic E-state index is 1.16. The number of rotatable bonds is 3. The largest absolute Gasteiger partial charge is 0.354 e. The van der Waals surface area contributed by atoms with E-state index in [1.165, 1.54) is 49.6 Å². The first kappa shape index (κ1) is 19.0. The van der Waals surface area contributed by atoms with E-state index in [1.807, 2.05) is 0 Å². The van der Waals surface area contributed by atoms with E-state index in [0.29, 0.717) is 0 Å². The molecule has 0 atom stereocenters. The van der Waals surface area contributed by atoms with Crippen LogP contribution in [-0.2, 0) is 0 Å². The van der Waals surface area contributed by atoms with Crippen LogP contribution < -0.4 is 0 Å². The lowest BCUT2D eigenvalue weighted by molar-refractivity contribution is 1.18. The minimum absolute atomic E-state index is 1.16. The van der Waals surface area contributed by atoms with E-state index in [-0.39, 0.29) is 0 Å². The van der Waals surface area contributed by atoms with Crippen molar-refractivity contribution < 1.29 is 0 Å². The Bertz CT molecular complexity index is 1790. The summed E-state index contributed by atoms with van der Waals surface area (Å²) in [5, 5.41) is 3.78. The van der Waals surface area contributed by atoms with Crippen molar-refractivity contribution in [2.24, 2.45) is 0 Å². The van der Waals surface area contributed by atoms with Gasteiger partial charge >= 0.3 is 0 Å². The summed E-state index contributed by atoms with van der Waals surface area (Å²) in [6.45, 7) is 0. The maximum absolute atomic E-state index is 3.69. The van der Waals surface area contributed by atoms with Crippen LogP contribution >= 0.6 is 0 Å². The van der Waals surface area contributed by atoms with Crippen LogP contribution in [0.4, 0.5) is 0 Å². The monoisotopic (exact) mass is 434 g/mol. The fraction of sp³-hybridized carbons (Fsp3) is 0. The summed E-state index contributed by atoms with van der Waals surface area (Å²) in [5.41, 5.74) is 9.61. The average molecular weight is 435 g/mol. The molecule has 2 nitrogen and oxygen atoms in total. The molecular formula is C32H22N2. The highest BCUT2D eigenvalue weighted by Crippen LogP contribution is 2.41. The van der Waals surface area contributed by atoms with Gasteiger partial charge in [0.15, 0.2) is 0 Å². The molecule has 0 unspecified atom stereocenters. The van der Waals surface area contributed by atoms with Gasteiger partial charge in [-0.15, -0.1) is 0 Å². The molecule has 0 spiro atoms. The Hall–Kier alpha value is -4.56. The van der Waals surface area contributed by atoms with Gasteiger partial charge in [-0.25, -0.2) is 0 Å². The molecule has 0 amide bonds. The summed E-state index contributed by atoms with van der Waals surface area (Å²) in [5.74, 6) is 0. The quantitative estimate of drug-likeness (QED) is 0.287. The molecule has 0 aliphatic rings. The van der Waals surface area contributed by atoms with Crippen LogP contribution in [0.5, 0.6) is 0 Å². The number of aromatic nitrogens is 2. The lowest BCUT2D eigenvalue weighted by Crippen LogP contribution is -1.92. The number of H-pyrrole nitrogens is 1. The van der Waals surface area contributed by atoms with E-state index < -0.39 is 0 Å². The third-order valence-corrected chi connectivity index (χ3v) is 6.74. The van der Waals surface area contributed by atoms with Gasteiger partial charge in [0.05, 0.1) is 16.7 Å². The lowest BCUT2D eigenvalue weighted by Gasteiger charge is -2.09. The molecule has 0 aliphatic heterocycles. The number of para-hydroxylation sites is 3. The second kappa shape index (κ2) is 7.50. The summed E-state index contributed by atoms with van der Waals surface area (Å²) >= 11 is 0. The summed E-state index contributed by atoms with van der Waals surface area (Å²) in [7, 11) is 0. The van der Waals surface area contributed by atoms with E-state index >= 15 is 0 Å². The smallest absolute Gasteiger partial charge is 0.0544 e. The van der Waals surface area contributed by atoms with Crippen molar-refractivity contribution in [3.05, 3.63) is 127 Å². The molecule has 0 saturated carbocycles. The predicted molar refractivity (Wildman–Crippen MR) is 144 cm³/mol. The first-order valence-corrected chi connectivity index (χ1v) is 11.6. The first-order valence-electron chi connectivity index (χ1n) is 11.6. The number of hydrogen-bond acceptors (Lipinski definition) is 0. The number of fused-ring (bicyclic) bond motifs is 4. The Morgan fingerprint density at radius 2 is 1.12 bits per heavy atom. The van der Waals surface area contributed by atoms with Crippen molar-refractivity contribution in [3.63, 3.8) is 0 Å². The van der Waals surface area contributed by atoms with Gasteiger partial charge < -0.3 is 9.55 Å². The third kappa shape index (κ3) is 2.82. The summed E-state index contributed by atoms with van der Waals surface area (Å²) in [6.07, 6.45) is 0. The zero-order chi connectivity index (χ0) is 22.5. The Kier molecular flexibility index (Phi) is 4.18. The molecule has 7 aromatic rings. The van der Waals surface area contributed by atoms with Crippen molar-refractivity contribution >= 4 is 32.7 Å². The summed E-state index contributed by atoms with van der Waals surface area (Å²) < 4.78 is 2.36. The summed E-state index contributed by atoms with van der Waals surface area (Å²) in [4.78, 5) is 3.69. The molecule has 0 fully saturated rings. The fourth-order valence-electron chi connectivity index (χ4n) is 5.25. The topological polar surface area (TPSA) is 20.7 Å².